The maximum Gasteiger partial charge on any atom is 0.193 e. The molecule has 0 aromatic heterocycles. The molecule has 0 fully saturated rings. The van der Waals surface area contributed by atoms with E-state index in [1.165, 1.54) is 0 Å². The van der Waals surface area contributed by atoms with Crippen LogP contribution in [0.25, 0.3) is 0 Å². The summed E-state index contributed by atoms with van der Waals surface area (Å²) in [4.78, 5) is 12.4. The normalized spacial score (nSPS) is 10.3. The van der Waals surface area contributed by atoms with E-state index in [0.717, 1.165) is 26.7 Å². The van der Waals surface area contributed by atoms with Gasteiger partial charge in [0.1, 0.15) is 0 Å². The first-order chi connectivity index (χ1) is 8.09. The number of benzene rings is 2. The molecule has 0 amide bonds. The summed E-state index contributed by atoms with van der Waals surface area (Å²) in [5.41, 5.74) is 3.55. The maximum absolute atomic E-state index is 12.4. The Balaban J connectivity index is 2.48. The van der Waals surface area contributed by atoms with Crippen molar-refractivity contribution in [2.75, 3.05) is 0 Å². The number of ketones is 1. The number of carbonyl (C=O) groups is 1. The fourth-order valence-electron chi connectivity index (χ4n) is 1.85. The monoisotopic (exact) mass is 288 g/mol. The fraction of sp³-hybridized carbons (Fsp3) is 0.133. The summed E-state index contributed by atoms with van der Waals surface area (Å²) in [6.45, 7) is 3.91. The van der Waals surface area contributed by atoms with Gasteiger partial charge in [-0.25, -0.2) is 0 Å². The standard InChI is InChI=1S/C15H13BrO/c1-10-5-3-4-6-13(10)15(17)14-8-7-12(16)9-11(14)2/h3-9H,1-2H3. The number of hydrogen-bond acceptors (Lipinski definition) is 1. The highest BCUT2D eigenvalue weighted by atomic mass is 79.9. The summed E-state index contributed by atoms with van der Waals surface area (Å²) in [5.74, 6) is 0.0908. The van der Waals surface area contributed by atoms with Crippen LogP contribution >= 0.6 is 15.9 Å². The summed E-state index contributed by atoms with van der Waals surface area (Å²) >= 11 is 3.40. The van der Waals surface area contributed by atoms with Gasteiger partial charge in [0.05, 0.1) is 0 Å². The highest BCUT2D eigenvalue weighted by molar-refractivity contribution is 9.10. The van der Waals surface area contributed by atoms with Crippen molar-refractivity contribution in [3.8, 4) is 0 Å². The molecule has 0 saturated heterocycles. The van der Waals surface area contributed by atoms with Crippen LogP contribution in [0.1, 0.15) is 27.0 Å². The van der Waals surface area contributed by atoms with E-state index < -0.39 is 0 Å². The van der Waals surface area contributed by atoms with Crippen molar-refractivity contribution in [1.82, 2.24) is 0 Å². The van der Waals surface area contributed by atoms with Crippen molar-refractivity contribution >= 4 is 21.7 Å². The van der Waals surface area contributed by atoms with Gasteiger partial charge in [0.2, 0.25) is 0 Å². The van der Waals surface area contributed by atoms with Crippen molar-refractivity contribution in [1.29, 1.82) is 0 Å². The second-order valence-corrected chi connectivity index (χ2v) is 5.02. The summed E-state index contributed by atoms with van der Waals surface area (Å²) in [6.07, 6.45) is 0. The van der Waals surface area contributed by atoms with Crippen molar-refractivity contribution in [2.24, 2.45) is 0 Å². The number of halogens is 1. The van der Waals surface area contributed by atoms with Crippen LogP contribution < -0.4 is 0 Å². The number of rotatable bonds is 2. The van der Waals surface area contributed by atoms with Crippen LogP contribution in [0.15, 0.2) is 46.9 Å². The van der Waals surface area contributed by atoms with Gasteiger partial charge in [-0.15, -0.1) is 0 Å². The third kappa shape index (κ3) is 2.47. The fourth-order valence-corrected chi connectivity index (χ4v) is 2.33. The molecule has 2 heteroatoms. The van der Waals surface area contributed by atoms with E-state index in [-0.39, 0.29) is 5.78 Å². The Morgan fingerprint density at radius 2 is 1.59 bits per heavy atom. The Labute approximate surface area is 110 Å². The summed E-state index contributed by atoms with van der Waals surface area (Å²) in [5, 5.41) is 0. The van der Waals surface area contributed by atoms with E-state index in [0.29, 0.717) is 0 Å². The van der Waals surface area contributed by atoms with Crippen LogP contribution in [0.2, 0.25) is 0 Å². The Morgan fingerprint density at radius 1 is 0.941 bits per heavy atom. The van der Waals surface area contributed by atoms with Crippen LogP contribution in [0, 0.1) is 13.8 Å². The highest BCUT2D eigenvalue weighted by Gasteiger charge is 2.13. The molecule has 0 heterocycles. The van der Waals surface area contributed by atoms with Crippen molar-refractivity contribution in [3.05, 3.63) is 69.2 Å². The van der Waals surface area contributed by atoms with Gasteiger partial charge in [-0.2, -0.15) is 0 Å². The Kier molecular flexibility index (Phi) is 3.43. The van der Waals surface area contributed by atoms with E-state index in [2.05, 4.69) is 15.9 Å². The molecule has 86 valence electrons. The molecule has 0 unspecified atom stereocenters. The molecule has 0 N–H and O–H groups in total. The molecular weight excluding hydrogens is 276 g/mol. The van der Waals surface area contributed by atoms with E-state index >= 15 is 0 Å². The Morgan fingerprint density at radius 3 is 2.24 bits per heavy atom. The zero-order chi connectivity index (χ0) is 12.4. The lowest BCUT2D eigenvalue weighted by Gasteiger charge is -2.07. The lowest BCUT2D eigenvalue weighted by Crippen LogP contribution is -2.05. The van der Waals surface area contributed by atoms with E-state index in [1.54, 1.807) is 0 Å². The van der Waals surface area contributed by atoms with Gasteiger partial charge in [-0.3, -0.25) is 4.79 Å². The smallest absolute Gasteiger partial charge is 0.193 e. The van der Waals surface area contributed by atoms with Crippen LogP contribution in [0.5, 0.6) is 0 Å². The zero-order valence-corrected chi connectivity index (χ0v) is 11.4. The van der Waals surface area contributed by atoms with Crippen LogP contribution in [0.3, 0.4) is 0 Å². The highest BCUT2D eigenvalue weighted by Crippen LogP contribution is 2.20. The topological polar surface area (TPSA) is 17.1 Å². The molecule has 0 aliphatic heterocycles. The lowest BCUT2D eigenvalue weighted by molar-refractivity contribution is 0.103. The first-order valence-corrected chi connectivity index (χ1v) is 6.25. The molecule has 0 radical (unpaired) electrons. The molecule has 2 aromatic rings. The van der Waals surface area contributed by atoms with Gasteiger partial charge in [0.25, 0.3) is 0 Å². The quantitative estimate of drug-likeness (QED) is 0.753. The average molecular weight is 289 g/mol. The molecule has 0 atom stereocenters. The van der Waals surface area contributed by atoms with Crippen molar-refractivity contribution in [3.63, 3.8) is 0 Å². The zero-order valence-electron chi connectivity index (χ0n) is 9.83. The van der Waals surface area contributed by atoms with Gasteiger partial charge in [-0.1, -0.05) is 40.2 Å². The molecule has 0 aliphatic rings. The van der Waals surface area contributed by atoms with Crippen molar-refractivity contribution in [2.45, 2.75) is 13.8 Å². The SMILES string of the molecule is Cc1ccccc1C(=O)c1ccc(Br)cc1C. The minimum absolute atomic E-state index is 0.0908. The predicted molar refractivity (Wildman–Crippen MR) is 73.5 cm³/mol. The number of aryl methyl sites for hydroxylation is 2. The van der Waals surface area contributed by atoms with Gasteiger partial charge >= 0.3 is 0 Å². The maximum atomic E-state index is 12.4. The molecule has 2 aromatic carbocycles. The van der Waals surface area contributed by atoms with Gasteiger partial charge < -0.3 is 0 Å². The van der Waals surface area contributed by atoms with E-state index in [1.807, 2.05) is 56.3 Å². The molecule has 0 saturated carbocycles. The predicted octanol–water partition coefficient (Wildman–Crippen LogP) is 4.30. The minimum Gasteiger partial charge on any atom is -0.289 e. The Hall–Kier alpha value is -1.41. The largest absolute Gasteiger partial charge is 0.289 e. The third-order valence-electron chi connectivity index (χ3n) is 2.82. The Bertz CT molecular complexity index is 573. The number of carbonyl (C=O) groups excluding carboxylic acids is 1. The lowest BCUT2D eigenvalue weighted by atomic mass is 9.96. The summed E-state index contributed by atoms with van der Waals surface area (Å²) in [6, 6.07) is 13.4. The van der Waals surface area contributed by atoms with Crippen molar-refractivity contribution < 1.29 is 4.79 Å². The van der Waals surface area contributed by atoms with Crippen LogP contribution in [-0.2, 0) is 0 Å². The van der Waals surface area contributed by atoms with Gasteiger partial charge in [-0.05, 0) is 43.2 Å². The summed E-state index contributed by atoms with van der Waals surface area (Å²) in [7, 11) is 0. The number of hydrogen-bond donors (Lipinski definition) is 0. The minimum atomic E-state index is 0.0908. The molecular formula is C15H13BrO. The van der Waals surface area contributed by atoms with Crippen LogP contribution in [0.4, 0.5) is 0 Å². The van der Waals surface area contributed by atoms with E-state index in [4.69, 9.17) is 0 Å². The molecule has 1 nitrogen and oxygen atoms in total. The van der Waals surface area contributed by atoms with Gasteiger partial charge in [0.15, 0.2) is 5.78 Å². The van der Waals surface area contributed by atoms with Crippen LogP contribution in [-0.4, -0.2) is 5.78 Å². The molecule has 0 aliphatic carbocycles. The van der Waals surface area contributed by atoms with Gasteiger partial charge in [0, 0.05) is 15.6 Å². The first-order valence-electron chi connectivity index (χ1n) is 5.46. The molecule has 17 heavy (non-hydrogen) atoms. The second kappa shape index (κ2) is 4.84. The second-order valence-electron chi connectivity index (χ2n) is 4.10. The molecule has 0 spiro atoms. The summed E-state index contributed by atoms with van der Waals surface area (Å²) < 4.78 is 0.997. The molecule has 0 bridgehead atoms. The third-order valence-corrected chi connectivity index (χ3v) is 3.32. The molecule has 2 rings (SSSR count). The average Bonchev–Trinajstić information content (AvgIpc) is 2.29. The first kappa shape index (κ1) is 12.1. The van der Waals surface area contributed by atoms with E-state index in [9.17, 15) is 4.79 Å².